The van der Waals surface area contributed by atoms with Crippen LogP contribution in [-0.4, -0.2) is 11.9 Å². The number of hydrogen-bond acceptors (Lipinski definition) is 1. The van der Waals surface area contributed by atoms with Crippen molar-refractivity contribution in [2.45, 2.75) is 18.9 Å². The predicted octanol–water partition coefficient (Wildman–Crippen LogP) is 2.62. The van der Waals surface area contributed by atoms with Crippen LogP contribution in [0.1, 0.15) is 23.2 Å². The molecule has 0 bridgehead atoms. The first-order valence-corrected chi connectivity index (χ1v) is 5.32. The Hall–Kier alpha value is -0.970. The van der Waals surface area contributed by atoms with Gasteiger partial charge in [0.2, 0.25) is 0 Å². The molecule has 1 fully saturated rings. The first-order valence-electron chi connectivity index (χ1n) is 4.53. The Morgan fingerprint density at radius 3 is 2.60 bits per heavy atom. The molecule has 0 saturated heterocycles. The lowest BCUT2D eigenvalue weighted by atomic mass is 10.2. The molecule has 2 nitrogen and oxygen atoms in total. The fraction of sp³-hybridized carbons (Fsp3) is 0.300. The zero-order valence-electron chi connectivity index (χ0n) is 7.69. The van der Waals surface area contributed by atoms with E-state index in [-0.39, 0.29) is 22.0 Å². The van der Waals surface area contributed by atoms with Gasteiger partial charge in [-0.1, -0.05) is 0 Å². The summed E-state index contributed by atoms with van der Waals surface area (Å²) in [6.07, 6.45) is 1.91. The monoisotopic (exact) mass is 275 g/mol. The number of carbonyl (C=O) groups excluding carboxylic acids is 1. The fourth-order valence-corrected chi connectivity index (χ4v) is 1.62. The topological polar surface area (TPSA) is 29.1 Å². The van der Waals surface area contributed by atoms with Gasteiger partial charge >= 0.3 is 0 Å². The van der Waals surface area contributed by atoms with Gasteiger partial charge in [0.05, 0.1) is 4.47 Å². The zero-order chi connectivity index (χ0) is 11.0. The number of nitrogens with one attached hydrogen (secondary N) is 1. The average molecular weight is 276 g/mol. The largest absolute Gasteiger partial charge is 0.349 e. The van der Waals surface area contributed by atoms with Gasteiger partial charge in [-0.05, 0) is 40.9 Å². The summed E-state index contributed by atoms with van der Waals surface area (Å²) in [6, 6.07) is 2.37. The van der Waals surface area contributed by atoms with Gasteiger partial charge in [0.15, 0.2) is 11.6 Å². The van der Waals surface area contributed by atoms with Crippen LogP contribution in [-0.2, 0) is 0 Å². The molecule has 1 saturated carbocycles. The van der Waals surface area contributed by atoms with E-state index in [1.54, 1.807) is 0 Å². The maximum Gasteiger partial charge on any atom is 0.251 e. The van der Waals surface area contributed by atoms with Crippen LogP contribution in [0.2, 0.25) is 0 Å². The molecule has 0 unspecified atom stereocenters. The number of rotatable bonds is 2. The van der Waals surface area contributed by atoms with E-state index in [9.17, 15) is 13.6 Å². The van der Waals surface area contributed by atoms with Crippen LogP contribution in [0, 0.1) is 11.6 Å². The highest BCUT2D eigenvalue weighted by Crippen LogP contribution is 2.22. The average Bonchev–Trinajstić information content (AvgIpc) is 2.97. The molecule has 0 aliphatic heterocycles. The van der Waals surface area contributed by atoms with Crippen molar-refractivity contribution in [3.63, 3.8) is 0 Å². The number of hydrogen-bond donors (Lipinski definition) is 1. The Kier molecular flexibility index (Phi) is 2.73. The molecular formula is C10H8BrF2NO. The van der Waals surface area contributed by atoms with Gasteiger partial charge in [-0.2, -0.15) is 0 Å². The van der Waals surface area contributed by atoms with Gasteiger partial charge in [-0.3, -0.25) is 4.79 Å². The van der Waals surface area contributed by atoms with Crippen molar-refractivity contribution in [3.05, 3.63) is 33.8 Å². The smallest absolute Gasteiger partial charge is 0.251 e. The second kappa shape index (κ2) is 3.89. The first-order chi connectivity index (χ1) is 7.08. The Labute approximate surface area is 93.8 Å². The maximum atomic E-state index is 13.0. The molecule has 1 aliphatic rings. The van der Waals surface area contributed by atoms with Gasteiger partial charge < -0.3 is 5.32 Å². The third-order valence-electron chi connectivity index (χ3n) is 2.16. The Morgan fingerprint density at radius 1 is 1.40 bits per heavy atom. The third-order valence-corrected chi connectivity index (χ3v) is 2.74. The quantitative estimate of drug-likeness (QED) is 0.826. The summed E-state index contributed by atoms with van der Waals surface area (Å²) >= 11 is 2.85. The molecule has 2 rings (SSSR count). The number of amides is 1. The van der Waals surface area contributed by atoms with E-state index in [1.807, 2.05) is 0 Å². The molecule has 1 amide bonds. The molecule has 1 aliphatic carbocycles. The molecule has 1 aromatic rings. The van der Waals surface area contributed by atoms with Crippen LogP contribution >= 0.6 is 15.9 Å². The number of carbonyl (C=O) groups is 1. The van der Waals surface area contributed by atoms with Gasteiger partial charge in [-0.15, -0.1) is 0 Å². The first kappa shape index (κ1) is 10.5. The van der Waals surface area contributed by atoms with Gasteiger partial charge in [0, 0.05) is 11.6 Å². The van der Waals surface area contributed by atoms with Crippen molar-refractivity contribution >= 4 is 21.8 Å². The fourth-order valence-electron chi connectivity index (χ4n) is 1.18. The summed E-state index contributed by atoms with van der Waals surface area (Å²) in [4.78, 5) is 11.5. The summed E-state index contributed by atoms with van der Waals surface area (Å²) in [5, 5.41) is 2.70. The minimum absolute atomic E-state index is 0.0385. The molecule has 0 radical (unpaired) electrons. The van der Waals surface area contributed by atoms with E-state index >= 15 is 0 Å². The Bertz CT molecular complexity index is 395. The molecule has 0 heterocycles. The normalized spacial score (nSPS) is 15.1. The second-order valence-electron chi connectivity index (χ2n) is 3.50. The van der Waals surface area contributed by atoms with Gasteiger partial charge in [-0.25, -0.2) is 8.78 Å². The van der Waals surface area contributed by atoms with Crippen molar-refractivity contribution in [1.82, 2.24) is 5.32 Å². The lowest BCUT2D eigenvalue weighted by molar-refractivity contribution is 0.0950. The lowest BCUT2D eigenvalue weighted by Crippen LogP contribution is -2.25. The third kappa shape index (κ3) is 2.34. The maximum absolute atomic E-state index is 13.0. The minimum atomic E-state index is -1.02. The van der Waals surface area contributed by atoms with Crippen molar-refractivity contribution in [3.8, 4) is 0 Å². The standard InChI is InChI=1S/C10H8BrF2NO/c11-7-3-5(4-8(12)9(7)13)10(15)14-6-1-2-6/h3-4,6H,1-2H2,(H,14,15). The zero-order valence-corrected chi connectivity index (χ0v) is 9.27. The van der Waals surface area contributed by atoms with Crippen LogP contribution in [0.25, 0.3) is 0 Å². The van der Waals surface area contributed by atoms with E-state index in [1.165, 1.54) is 6.07 Å². The van der Waals surface area contributed by atoms with E-state index in [0.29, 0.717) is 0 Å². The highest BCUT2D eigenvalue weighted by atomic mass is 79.9. The highest BCUT2D eigenvalue weighted by molar-refractivity contribution is 9.10. The van der Waals surface area contributed by atoms with Crippen LogP contribution in [0.3, 0.4) is 0 Å². The molecule has 0 spiro atoms. The van der Waals surface area contributed by atoms with E-state index in [4.69, 9.17) is 0 Å². The highest BCUT2D eigenvalue weighted by Gasteiger charge is 2.24. The summed E-state index contributed by atoms with van der Waals surface area (Å²) in [7, 11) is 0. The Balaban J connectivity index is 2.23. The van der Waals surface area contributed by atoms with Crippen LogP contribution in [0.5, 0.6) is 0 Å². The summed E-state index contributed by atoms with van der Waals surface area (Å²) in [6.45, 7) is 0. The second-order valence-corrected chi connectivity index (χ2v) is 4.36. The van der Waals surface area contributed by atoms with Crippen molar-refractivity contribution in [2.24, 2.45) is 0 Å². The van der Waals surface area contributed by atoms with Crippen LogP contribution in [0.15, 0.2) is 16.6 Å². The molecule has 0 atom stereocenters. The SMILES string of the molecule is O=C(NC1CC1)c1cc(F)c(F)c(Br)c1. The van der Waals surface area contributed by atoms with E-state index in [0.717, 1.165) is 18.9 Å². The summed E-state index contributed by atoms with van der Waals surface area (Å²) in [5.41, 5.74) is 0.132. The van der Waals surface area contributed by atoms with E-state index < -0.39 is 11.6 Å². The van der Waals surface area contributed by atoms with Crippen molar-refractivity contribution in [1.29, 1.82) is 0 Å². The molecular weight excluding hydrogens is 268 g/mol. The predicted molar refractivity (Wildman–Crippen MR) is 54.5 cm³/mol. The van der Waals surface area contributed by atoms with Crippen LogP contribution in [0.4, 0.5) is 8.78 Å². The molecule has 15 heavy (non-hydrogen) atoms. The van der Waals surface area contributed by atoms with E-state index in [2.05, 4.69) is 21.2 Å². The summed E-state index contributed by atoms with van der Waals surface area (Å²) in [5.74, 6) is -2.36. The van der Waals surface area contributed by atoms with Gasteiger partial charge in [0.1, 0.15) is 0 Å². The lowest BCUT2D eigenvalue weighted by Gasteiger charge is -2.04. The molecule has 5 heteroatoms. The molecule has 1 N–H and O–H groups in total. The van der Waals surface area contributed by atoms with Crippen LogP contribution < -0.4 is 5.32 Å². The molecule has 0 aromatic heterocycles. The molecule has 80 valence electrons. The van der Waals surface area contributed by atoms with Crippen molar-refractivity contribution < 1.29 is 13.6 Å². The minimum Gasteiger partial charge on any atom is -0.349 e. The number of halogens is 3. The summed E-state index contributed by atoms with van der Waals surface area (Å²) < 4.78 is 25.8. The van der Waals surface area contributed by atoms with Gasteiger partial charge in [0.25, 0.3) is 5.91 Å². The Morgan fingerprint density at radius 2 is 2.07 bits per heavy atom. The number of benzene rings is 1. The van der Waals surface area contributed by atoms with Crippen molar-refractivity contribution in [2.75, 3.05) is 0 Å². The molecule has 1 aromatic carbocycles.